The second-order valence-electron chi connectivity index (χ2n) is 4.54. The third kappa shape index (κ3) is 2.10. The highest BCUT2D eigenvalue weighted by atomic mass is 32.2. The van der Waals surface area contributed by atoms with Crippen LogP contribution in [0, 0.1) is 5.92 Å². The third-order valence-electron chi connectivity index (χ3n) is 3.75. The summed E-state index contributed by atoms with van der Waals surface area (Å²) in [6.45, 7) is 4.73. The zero-order chi connectivity index (χ0) is 9.97. The Morgan fingerprint density at radius 2 is 2.36 bits per heavy atom. The minimum atomic E-state index is 0.797. The lowest BCUT2D eigenvalue weighted by Crippen LogP contribution is -2.46. The third-order valence-corrected chi connectivity index (χ3v) is 4.89. The van der Waals surface area contributed by atoms with Crippen LogP contribution in [0.1, 0.15) is 19.8 Å². The SMILES string of the molecule is CC[C@H]1[C@@H]2CSCCC2NCCN1C. The average molecular weight is 214 g/mol. The minimum Gasteiger partial charge on any atom is -0.312 e. The molecule has 0 aromatic heterocycles. The van der Waals surface area contributed by atoms with Gasteiger partial charge in [0.15, 0.2) is 0 Å². The maximum absolute atomic E-state index is 3.72. The summed E-state index contributed by atoms with van der Waals surface area (Å²) in [6.07, 6.45) is 2.68. The van der Waals surface area contributed by atoms with Crippen LogP contribution in [-0.2, 0) is 0 Å². The van der Waals surface area contributed by atoms with E-state index in [0.29, 0.717) is 0 Å². The zero-order valence-corrected chi connectivity index (χ0v) is 10.1. The van der Waals surface area contributed by atoms with Crippen molar-refractivity contribution in [2.75, 3.05) is 31.6 Å². The van der Waals surface area contributed by atoms with E-state index in [1.807, 2.05) is 0 Å². The summed E-state index contributed by atoms with van der Waals surface area (Å²) in [7, 11) is 2.29. The van der Waals surface area contributed by atoms with Gasteiger partial charge < -0.3 is 10.2 Å². The van der Waals surface area contributed by atoms with Gasteiger partial charge in [0.25, 0.3) is 0 Å². The predicted octanol–water partition coefficient (Wildman–Crippen LogP) is 1.42. The van der Waals surface area contributed by atoms with Gasteiger partial charge in [-0.25, -0.2) is 0 Å². The molecule has 2 heterocycles. The summed E-state index contributed by atoms with van der Waals surface area (Å²) in [5.41, 5.74) is 0. The lowest BCUT2D eigenvalue weighted by atomic mass is 9.89. The fraction of sp³-hybridized carbons (Fsp3) is 1.00. The molecule has 14 heavy (non-hydrogen) atoms. The van der Waals surface area contributed by atoms with Crippen LogP contribution in [0.2, 0.25) is 0 Å². The fourth-order valence-corrected chi connectivity index (χ4v) is 4.24. The van der Waals surface area contributed by atoms with Crippen LogP contribution >= 0.6 is 11.8 Å². The van der Waals surface area contributed by atoms with Crippen molar-refractivity contribution in [3.05, 3.63) is 0 Å². The van der Waals surface area contributed by atoms with Crippen LogP contribution in [0.15, 0.2) is 0 Å². The molecule has 2 fully saturated rings. The number of hydrogen-bond acceptors (Lipinski definition) is 3. The second kappa shape index (κ2) is 4.86. The largest absolute Gasteiger partial charge is 0.312 e. The molecule has 0 spiro atoms. The molecule has 0 aliphatic carbocycles. The topological polar surface area (TPSA) is 15.3 Å². The van der Waals surface area contributed by atoms with Crippen molar-refractivity contribution in [1.29, 1.82) is 0 Å². The van der Waals surface area contributed by atoms with Gasteiger partial charge in [-0.1, -0.05) is 6.92 Å². The molecular weight excluding hydrogens is 192 g/mol. The molecule has 3 heteroatoms. The first-order chi connectivity index (χ1) is 6.83. The van der Waals surface area contributed by atoms with Gasteiger partial charge in [0.1, 0.15) is 0 Å². The highest BCUT2D eigenvalue weighted by Crippen LogP contribution is 2.30. The van der Waals surface area contributed by atoms with E-state index in [9.17, 15) is 0 Å². The second-order valence-corrected chi connectivity index (χ2v) is 5.69. The summed E-state index contributed by atoms with van der Waals surface area (Å²) >= 11 is 2.14. The molecule has 1 unspecified atom stereocenters. The summed E-state index contributed by atoms with van der Waals surface area (Å²) in [5, 5.41) is 3.72. The molecule has 0 aromatic rings. The number of thioether (sulfide) groups is 1. The van der Waals surface area contributed by atoms with E-state index >= 15 is 0 Å². The van der Waals surface area contributed by atoms with E-state index in [-0.39, 0.29) is 0 Å². The lowest BCUT2D eigenvalue weighted by molar-refractivity contribution is 0.184. The highest BCUT2D eigenvalue weighted by Gasteiger charge is 2.34. The van der Waals surface area contributed by atoms with Crippen molar-refractivity contribution in [3.8, 4) is 0 Å². The van der Waals surface area contributed by atoms with Crippen molar-refractivity contribution < 1.29 is 0 Å². The highest BCUT2D eigenvalue weighted by molar-refractivity contribution is 7.99. The van der Waals surface area contributed by atoms with Crippen molar-refractivity contribution >= 4 is 11.8 Å². The number of nitrogens with one attached hydrogen (secondary N) is 1. The number of fused-ring (bicyclic) bond motifs is 1. The number of nitrogens with zero attached hydrogens (tertiary/aromatic N) is 1. The predicted molar refractivity (Wildman–Crippen MR) is 63.9 cm³/mol. The molecule has 0 aromatic carbocycles. The molecule has 2 nitrogen and oxygen atoms in total. The summed E-state index contributed by atoms with van der Waals surface area (Å²) in [5.74, 6) is 3.60. The van der Waals surface area contributed by atoms with Crippen LogP contribution in [-0.4, -0.2) is 48.6 Å². The quantitative estimate of drug-likeness (QED) is 0.711. The summed E-state index contributed by atoms with van der Waals surface area (Å²) in [6, 6.07) is 1.61. The maximum Gasteiger partial charge on any atom is 0.0141 e. The van der Waals surface area contributed by atoms with Crippen molar-refractivity contribution in [2.45, 2.75) is 31.8 Å². The zero-order valence-electron chi connectivity index (χ0n) is 9.33. The molecule has 0 bridgehead atoms. The first-order valence-electron chi connectivity index (χ1n) is 5.84. The van der Waals surface area contributed by atoms with Gasteiger partial charge in [-0.2, -0.15) is 11.8 Å². The van der Waals surface area contributed by atoms with Crippen LogP contribution in [0.3, 0.4) is 0 Å². The number of likely N-dealkylation sites (N-methyl/N-ethyl adjacent to an activating group) is 1. The molecule has 2 rings (SSSR count). The molecule has 2 aliphatic heterocycles. The number of rotatable bonds is 1. The van der Waals surface area contributed by atoms with Crippen LogP contribution in [0.25, 0.3) is 0 Å². The first-order valence-corrected chi connectivity index (χ1v) is 6.99. The van der Waals surface area contributed by atoms with Gasteiger partial charge in [-0.15, -0.1) is 0 Å². The van der Waals surface area contributed by atoms with E-state index in [1.54, 1.807) is 0 Å². The minimum absolute atomic E-state index is 0.797. The smallest absolute Gasteiger partial charge is 0.0141 e. The Kier molecular flexibility index (Phi) is 3.74. The average Bonchev–Trinajstić information content (AvgIpc) is 2.36. The molecule has 3 atom stereocenters. The van der Waals surface area contributed by atoms with Gasteiger partial charge in [0, 0.05) is 25.2 Å². The van der Waals surface area contributed by atoms with Gasteiger partial charge in [-0.05, 0) is 37.3 Å². The first kappa shape index (κ1) is 10.8. The Labute approximate surface area is 91.8 Å². The Morgan fingerprint density at radius 3 is 3.14 bits per heavy atom. The summed E-state index contributed by atoms with van der Waals surface area (Å²) < 4.78 is 0. The lowest BCUT2D eigenvalue weighted by Gasteiger charge is -2.37. The fourth-order valence-electron chi connectivity index (χ4n) is 2.93. The monoisotopic (exact) mass is 214 g/mol. The van der Waals surface area contributed by atoms with Gasteiger partial charge in [0.2, 0.25) is 0 Å². The van der Waals surface area contributed by atoms with E-state index in [2.05, 4.69) is 35.9 Å². The van der Waals surface area contributed by atoms with Gasteiger partial charge in [0.05, 0.1) is 0 Å². The molecule has 0 amide bonds. The molecule has 82 valence electrons. The maximum atomic E-state index is 3.72. The normalized spacial score (nSPS) is 40.3. The molecule has 1 N–H and O–H groups in total. The van der Waals surface area contributed by atoms with E-state index in [0.717, 1.165) is 18.0 Å². The van der Waals surface area contributed by atoms with Crippen LogP contribution in [0.4, 0.5) is 0 Å². The standard InChI is InChI=1S/C11H22N2S/c1-3-11-9-8-14-7-4-10(9)12-5-6-13(11)2/h9-12H,3-8H2,1-2H3/t9-,10?,11+/m1/s1. The molecular formula is C11H22N2S. The van der Waals surface area contributed by atoms with Crippen molar-refractivity contribution in [3.63, 3.8) is 0 Å². The van der Waals surface area contributed by atoms with Crippen molar-refractivity contribution in [1.82, 2.24) is 10.2 Å². The molecule has 0 saturated carbocycles. The summed E-state index contributed by atoms with van der Waals surface area (Å²) in [4.78, 5) is 2.56. The van der Waals surface area contributed by atoms with Crippen molar-refractivity contribution in [2.24, 2.45) is 5.92 Å². The van der Waals surface area contributed by atoms with E-state index in [1.165, 1.54) is 37.4 Å². The molecule has 2 aliphatic rings. The Bertz CT molecular complexity index is 186. The van der Waals surface area contributed by atoms with E-state index < -0.39 is 0 Å². The van der Waals surface area contributed by atoms with Crippen LogP contribution < -0.4 is 5.32 Å². The van der Waals surface area contributed by atoms with E-state index in [4.69, 9.17) is 0 Å². The molecule has 0 radical (unpaired) electrons. The van der Waals surface area contributed by atoms with Gasteiger partial charge in [-0.3, -0.25) is 0 Å². The Morgan fingerprint density at radius 1 is 1.50 bits per heavy atom. The number of hydrogen-bond donors (Lipinski definition) is 1. The van der Waals surface area contributed by atoms with Gasteiger partial charge >= 0.3 is 0 Å². The molecule has 2 saturated heterocycles. The Balaban J connectivity index is 2.09. The Hall–Kier alpha value is 0.270. The van der Waals surface area contributed by atoms with Crippen LogP contribution in [0.5, 0.6) is 0 Å².